The minimum Gasteiger partial charge on any atom is -0.493 e. The molecular weight excluding hydrogens is 386 g/mol. The van der Waals surface area contributed by atoms with E-state index in [2.05, 4.69) is 31.0 Å². The van der Waals surface area contributed by atoms with Crippen molar-refractivity contribution in [1.29, 1.82) is 0 Å². The van der Waals surface area contributed by atoms with Crippen LogP contribution in [0.3, 0.4) is 0 Å². The van der Waals surface area contributed by atoms with Crippen molar-refractivity contribution >= 4 is 12.5 Å². The maximum absolute atomic E-state index is 12.6. The number of piperidine rings is 1. The second-order valence-corrected chi connectivity index (χ2v) is 8.61. The van der Waals surface area contributed by atoms with Crippen LogP contribution in [0.2, 0.25) is 0 Å². The van der Waals surface area contributed by atoms with Crippen LogP contribution in [0.25, 0.3) is 0 Å². The highest BCUT2D eigenvalue weighted by atomic mass is 16.5. The van der Waals surface area contributed by atoms with E-state index in [0.717, 1.165) is 56.9 Å². The summed E-state index contributed by atoms with van der Waals surface area (Å²) in [4.78, 5) is 25.3. The number of carbonyl (C=O) groups excluding carboxylic acids is 1. The quantitative estimate of drug-likeness (QED) is 0.727. The van der Waals surface area contributed by atoms with Gasteiger partial charge in [-0.3, -0.25) is 9.69 Å². The zero-order valence-electron chi connectivity index (χ0n) is 18.5. The lowest BCUT2D eigenvalue weighted by molar-refractivity contribution is -0.122. The molecule has 1 aromatic rings. The molecule has 0 spiro atoms. The van der Waals surface area contributed by atoms with Gasteiger partial charge in [0.2, 0.25) is 0 Å². The minimum atomic E-state index is -0.250. The average molecular weight is 422 g/mol. The fraction of sp³-hybridized carbons (Fsp3) is 0.636. The molecule has 2 aliphatic rings. The first-order chi connectivity index (χ1) is 14.3. The Kier molecular flexibility index (Phi) is 8.77. The van der Waals surface area contributed by atoms with Crippen molar-refractivity contribution in [3.63, 3.8) is 0 Å². The van der Waals surface area contributed by atoms with Crippen molar-refractivity contribution < 1.29 is 24.2 Å². The summed E-state index contributed by atoms with van der Waals surface area (Å²) < 4.78 is 11.4. The molecule has 30 heavy (non-hydrogen) atoms. The number of rotatable bonds is 4. The molecule has 0 aliphatic carbocycles. The highest BCUT2D eigenvalue weighted by molar-refractivity contribution is 5.74. The second kappa shape index (κ2) is 11.1. The minimum absolute atomic E-state index is 0.0616. The van der Waals surface area contributed by atoms with Gasteiger partial charge in [-0.2, -0.15) is 0 Å². The number of nitrogens with zero attached hydrogens (tertiary/aromatic N) is 2. The first-order valence-electron chi connectivity index (χ1n) is 10.5. The summed E-state index contributed by atoms with van der Waals surface area (Å²) in [6.45, 7) is 9.85. The van der Waals surface area contributed by atoms with Crippen LogP contribution in [-0.4, -0.2) is 78.4 Å². The largest absolute Gasteiger partial charge is 0.493 e. The Morgan fingerprint density at radius 1 is 1.13 bits per heavy atom. The maximum Gasteiger partial charge on any atom is 0.317 e. The predicted octanol–water partition coefficient (Wildman–Crippen LogP) is 2.82. The number of hydrogen-bond acceptors (Lipinski definition) is 5. The average Bonchev–Trinajstić information content (AvgIpc) is 3.18. The molecule has 0 saturated carbocycles. The lowest BCUT2D eigenvalue weighted by Crippen LogP contribution is -2.50. The van der Waals surface area contributed by atoms with Gasteiger partial charge in [0.1, 0.15) is 6.10 Å². The summed E-state index contributed by atoms with van der Waals surface area (Å²) in [7, 11) is 1.65. The van der Waals surface area contributed by atoms with Crippen LogP contribution in [0.1, 0.15) is 40.0 Å². The Labute approximate surface area is 179 Å². The van der Waals surface area contributed by atoms with Crippen LogP contribution < -0.4 is 14.8 Å². The zero-order chi connectivity index (χ0) is 22.1. The molecule has 2 heterocycles. The third kappa shape index (κ3) is 6.79. The number of benzene rings is 1. The van der Waals surface area contributed by atoms with Crippen LogP contribution in [0.4, 0.5) is 4.79 Å². The molecule has 168 valence electrons. The van der Waals surface area contributed by atoms with Gasteiger partial charge >= 0.3 is 6.03 Å². The van der Waals surface area contributed by atoms with Crippen LogP contribution in [-0.2, 0) is 4.79 Å². The lowest BCUT2D eigenvalue weighted by atomic mass is 10.1. The van der Waals surface area contributed by atoms with E-state index in [4.69, 9.17) is 19.4 Å². The van der Waals surface area contributed by atoms with E-state index in [0.29, 0.717) is 0 Å². The molecule has 2 aliphatic heterocycles. The Hall–Kier alpha value is -2.48. The standard InChI is InChI=1S/C21H33N3O3.CH2O2/c1-21(2,3)24-14-9-16(15-24)22-20(25)23-12-10-17(11-13-23)27-19-8-6-5-7-18(19)26-4;2-1-3/h5-8,16-17H,9-15H2,1-4H3,(H,22,25);1H,(H,2,3). The summed E-state index contributed by atoms with van der Waals surface area (Å²) in [5, 5.41) is 10.1. The number of carbonyl (C=O) groups is 2. The molecule has 2 N–H and O–H groups in total. The number of para-hydroxylation sites is 2. The number of hydrogen-bond donors (Lipinski definition) is 2. The molecule has 0 radical (unpaired) electrons. The van der Waals surface area contributed by atoms with E-state index in [1.807, 2.05) is 29.2 Å². The molecule has 2 fully saturated rings. The van der Waals surface area contributed by atoms with Crippen LogP contribution in [0.5, 0.6) is 11.5 Å². The van der Waals surface area contributed by atoms with E-state index in [9.17, 15) is 4.79 Å². The number of amides is 2. The SMILES string of the molecule is COc1ccccc1OC1CCN(C(=O)NC2CCN(C(C)(C)C)C2)CC1.O=CO. The Morgan fingerprint density at radius 2 is 1.73 bits per heavy atom. The van der Waals surface area contributed by atoms with Crippen molar-refractivity contribution in [2.75, 3.05) is 33.3 Å². The van der Waals surface area contributed by atoms with E-state index < -0.39 is 0 Å². The number of methoxy groups -OCH3 is 1. The third-order valence-corrected chi connectivity index (χ3v) is 5.56. The molecule has 8 nitrogen and oxygen atoms in total. The van der Waals surface area contributed by atoms with Crippen molar-refractivity contribution in [1.82, 2.24) is 15.1 Å². The molecule has 2 saturated heterocycles. The van der Waals surface area contributed by atoms with Gasteiger partial charge in [0.05, 0.1) is 7.11 Å². The first kappa shape index (κ1) is 23.8. The van der Waals surface area contributed by atoms with Gasteiger partial charge in [0.15, 0.2) is 11.5 Å². The van der Waals surface area contributed by atoms with Gasteiger partial charge in [-0.15, -0.1) is 0 Å². The highest BCUT2D eigenvalue weighted by Gasteiger charge is 2.32. The zero-order valence-corrected chi connectivity index (χ0v) is 18.5. The molecule has 2 amide bonds. The van der Waals surface area contributed by atoms with Crippen molar-refractivity contribution in [3.8, 4) is 11.5 Å². The molecule has 0 aromatic heterocycles. The molecule has 1 unspecified atom stereocenters. The topological polar surface area (TPSA) is 91.3 Å². The van der Waals surface area contributed by atoms with Gasteiger partial charge < -0.3 is 24.8 Å². The van der Waals surface area contributed by atoms with E-state index >= 15 is 0 Å². The number of urea groups is 1. The van der Waals surface area contributed by atoms with Crippen LogP contribution in [0.15, 0.2) is 24.3 Å². The van der Waals surface area contributed by atoms with Crippen molar-refractivity contribution in [2.45, 2.75) is 57.7 Å². The Bertz CT molecular complexity index is 684. The molecule has 8 heteroatoms. The number of ether oxygens (including phenoxy) is 2. The van der Waals surface area contributed by atoms with E-state index in [1.165, 1.54) is 0 Å². The van der Waals surface area contributed by atoms with Crippen molar-refractivity contribution in [3.05, 3.63) is 24.3 Å². The summed E-state index contributed by atoms with van der Waals surface area (Å²) >= 11 is 0. The molecule has 0 bridgehead atoms. The van der Waals surface area contributed by atoms with E-state index in [1.54, 1.807) is 7.11 Å². The van der Waals surface area contributed by atoms with Crippen molar-refractivity contribution in [2.24, 2.45) is 0 Å². The van der Waals surface area contributed by atoms with Gasteiger partial charge in [-0.25, -0.2) is 4.79 Å². The molecule has 1 atom stereocenters. The van der Waals surface area contributed by atoms with Gasteiger partial charge in [-0.05, 0) is 39.3 Å². The van der Waals surface area contributed by atoms with E-state index in [-0.39, 0.29) is 30.2 Å². The summed E-state index contributed by atoms with van der Waals surface area (Å²) in [6, 6.07) is 8.02. The number of nitrogens with one attached hydrogen (secondary N) is 1. The number of likely N-dealkylation sites (tertiary alicyclic amines) is 2. The van der Waals surface area contributed by atoms with Gasteiger partial charge in [0.25, 0.3) is 6.47 Å². The van der Waals surface area contributed by atoms with Crippen LogP contribution in [0, 0.1) is 0 Å². The molecule has 3 rings (SSSR count). The smallest absolute Gasteiger partial charge is 0.317 e. The predicted molar refractivity (Wildman–Crippen MR) is 115 cm³/mol. The number of carboxylic acid groups (broad SMARTS) is 1. The molecular formula is C22H35N3O5. The summed E-state index contributed by atoms with van der Waals surface area (Å²) in [6.07, 6.45) is 2.82. The fourth-order valence-electron chi connectivity index (χ4n) is 3.83. The Balaban J connectivity index is 0.00000101. The summed E-state index contributed by atoms with van der Waals surface area (Å²) in [5.74, 6) is 1.53. The second-order valence-electron chi connectivity index (χ2n) is 8.61. The fourth-order valence-corrected chi connectivity index (χ4v) is 3.83. The highest BCUT2D eigenvalue weighted by Crippen LogP contribution is 2.29. The maximum atomic E-state index is 12.6. The monoisotopic (exact) mass is 421 g/mol. The molecule has 1 aromatic carbocycles. The van der Waals surface area contributed by atoms with Crippen LogP contribution >= 0.6 is 0 Å². The third-order valence-electron chi connectivity index (χ3n) is 5.56. The normalized spacial score (nSPS) is 20.1. The Morgan fingerprint density at radius 3 is 2.27 bits per heavy atom. The van der Waals surface area contributed by atoms with Gasteiger partial charge in [0, 0.05) is 50.6 Å². The first-order valence-corrected chi connectivity index (χ1v) is 10.5. The summed E-state index contributed by atoms with van der Waals surface area (Å²) in [5.41, 5.74) is 0.160. The lowest BCUT2D eigenvalue weighted by Gasteiger charge is -2.34. The van der Waals surface area contributed by atoms with Gasteiger partial charge in [-0.1, -0.05) is 12.1 Å².